The number of hydroxylamine groups is 2. The van der Waals surface area contributed by atoms with Crippen LogP contribution in [0.15, 0.2) is 5.18 Å². The van der Waals surface area contributed by atoms with Gasteiger partial charge in [0.15, 0.2) is 0 Å². The zero-order valence-electron chi connectivity index (χ0n) is 17.8. The van der Waals surface area contributed by atoms with E-state index < -0.39 is 0 Å². The second-order valence-electron chi connectivity index (χ2n) is 11.5. The number of rotatable bonds is 3. The van der Waals surface area contributed by atoms with Crippen LogP contribution in [-0.4, -0.2) is 48.2 Å². The Morgan fingerprint density at radius 2 is 2.00 bits per heavy atom. The highest BCUT2D eigenvalue weighted by atomic mass is 16.7. The number of nitrogens with one attached hydrogen (secondary N) is 1. The van der Waals surface area contributed by atoms with Gasteiger partial charge in [-0.2, -0.15) is 9.97 Å². The van der Waals surface area contributed by atoms with Crippen molar-refractivity contribution in [1.29, 1.82) is 0 Å². The molecule has 1 N–H and O–H groups in total. The van der Waals surface area contributed by atoms with Crippen molar-refractivity contribution >= 4 is 5.78 Å². The van der Waals surface area contributed by atoms with Gasteiger partial charge in [-0.3, -0.25) is 9.63 Å². The molecule has 160 valence electrons. The molecule has 6 rings (SSSR count). The highest BCUT2D eigenvalue weighted by Gasteiger charge is 2.68. The molecule has 0 aromatic heterocycles. The molecule has 6 aliphatic rings. The maximum absolute atomic E-state index is 12.7. The first-order valence-corrected chi connectivity index (χ1v) is 12.0. The molecule has 4 aliphatic carbocycles. The first kappa shape index (κ1) is 18.9. The van der Waals surface area contributed by atoms with Gasteiger partial charge in [0.25, 0.3) is 0 Å². The zero-order chi connectivity index (χ0) is 20.0. The van der Waals surface area contributed by atoms with E-state index in [0.29, 0.717) is 54.1 Å². The Kier molecular flexibility index (Phi) is 4.12. The lowest BCUT2D eigenvalue weighted by Crippen LogP contribution is -2.58. The van der Waals surface area contributed by atoms with Crippen molar-refractivity contribution in [3.05, 3.63) is 4.91 Å². The first-order chi connectivity index (χ1) is 14.0. The second-order valence-corrected chi connectivity index (χ2v) is 11.5. The van der Waals surface area contributed by atoms with Crippen molar-refractivity contribution in [2.75, 3.05) is 13.1 Å². The lowest BCUT2D eigenvalue weighted by atomic mass is 9.44. The normalized spacial score (nSPS) is 58.1. The van der Waals surface area contributed by atoms with Crippen molar-refractivity contribution in [2.24, 2.45) is 39.7 Å². The molecular weight excluding hydrogens is 366 g/mol. The van der Waals surface area contributed by atoms with Crippen LogP contribution >= 0.6 is 0 Å². The number of nitrogens with zero attached hydrogens (tertiary/aromatic N) is 2. The molecule has 2 saturated heterocycles. The van der Waals surface area contributed by atoms with E-state index in [1.165, 1.54) is 6.42 Å². The number of carbonyl (C=O) groups is 1. The lowest BCUT2D eigenvalue weighted by molar-refractivity contribution is -0.140. The van der Waals surface area contributed by atoms with E-state index in [1.807, 2.05) is 0 Å². The van der Waals surface area contributed by atoms with Crippen molar-refractivity contribution < 1.29 is 9.63 Å². The Morgan fingerprint density at radius 1 is 1.14 bits per heavy atom. The van der Waals surface area contributed by atoms with Crippen LogP contribution in [-0.2, 0) is 9.63 Å². The maximum Gasteiger partial charge on any atom is 0.139 e. The van der Waals surface area contributed by atoms with Crippen molar-refractivity contribution in [3.63, 3.8) is 0 Å². The molecule has 6 nitrogen and oxygen atoms in total. The van der Waals surface area contributed by atoms with E-state index in [0.717, 1.165) is 51.6 Å². The Hall–Kier alpha value is -0.850. The minimum absolute atomic E-state index is 0.0997. The van der Waals surface area contributed by atoms with E-state index in [2.05, 4.69) is 29.4 Å². The Morgan fingerprint density at radius 3 is 2.76 bits per heavy atom. The number of nitroso groups, excluding NO2 is 1. The van der Waals surface area contributed by atoms with Crippen LogP contribution < -0.4 is 5.32 Å². The number of Topliss-reactive ketones (excluding diaryl/α,β-unsaturated/α-hetero) is 1. The van der Waals surface area contributed by atoms with E-state index in [1.54, 1.807) is 0 Å². The summed E-state index contributed by atoms with van der Waals surface area (Å²) in [5.74, 6) is 2.20. The monoisotopic (exact) mass is 401 g/mol. The third-order valence-corrected chi connectivity index (χ3v) is 10.4. The Labute approximate surface area is 173 Å². The molecule has 6 fully saturated rings. The van der Waals surface area contributed by atoms with Gasteiger partial charge in [-0.05, 0) is 80.6 Å². The van der Waals surface area contributed by atoms with Gasteiger partial charge >= 0.3 is 0 Å². The van der Waals surface area contributed by atoms with Crippen LogP contribution in [0.25, 0.3) is 0 Å². The largest absolute Gasteiger partial charge is 0.314 e. The molecule has 4 saturated carbocycles. The SMILES string of the molecule is C[C@]12CC3C(CC1CC(N=O)[C@@H]1[C@@H]2CC[C@]2(C)C(=O)CC[C@@H]12)N3O[C@@H]1CCNC1. The highest BCUT2D eigenvalue weighted by Crippen LogP contribution is 2.68. The highest BCUT2D eigenvalue weighted by molar-refractivity contribution is 5.87. The molecule has 11 atom stereocenters. The minimum Gasteiger partial charge on any atom is -0.314 e. The molecule has 5 unspecified atom stereocenters. The second kappa shape index (κ2) is 6.33. The molecule has 0 aromatic rings. The van der Waals surface area contributed by atoms with Gasteiger partial charge < -0.3 is 5.32 Å². The predicted molar refractivity (Wildman–Crippen MR) is 109 cm³/mol. The summed E-state index contributed by atoms with van der Waals surface area (Å²) >= 11 is 0. The Balaban J connectivity index is 1.26. The Bertz CT molecular complexity index is 724. The fourth-order valence-electron chi connectivity index (χ4n) is 8.68. The number of fused-ring (bicyclic) bond motifs is 6. The molecular formula is C23H35N3O3. The lowest BCUT2D eigenvalue weighted by Gasteiger charge is -2.60. The van der Waals surface area contributed by atoms with Crippen LogP contribution in [0.1, 0.15) is 65.2 Å². The van der Waals surface area contributed by atoms with Crippen molar-refractivity contribution in [2.45, 2.75) is 89.4 Å². The van der Waals surface area contributed by atoms with Crippen molar-refractivity contribution in [1.82, 2.24) is 10.4 Å². The molecule has 0 spiro atoms. The molecule has 2 aliphatic heterocycles. The molecule has 0 amide bonds. The third kappa shape index (κ3) is 2.54. The van der Waals surface area contributed by atoms with Gasteiger partial charge in [-0.15, -0.1) is 0 Å². The number of carbonyl (C=O) groups excluding carboxylic acids is 1. The fourth-order valence-corrected chi connectivity index (χ4v) is 8.68. The topological polar surface area (TPSA) is 70.8 Å². The zero-order valence-corrected chi connectivity index (χ0v) is 17.8. The summed E-state index contributed by atoms with van der Waals surface area (Å²) in [5.41, 5.74) is 0.0563. The van der Waals surface area contributed by atoms with Crippen LogP contribution in [0, 0.1) is 39.4 Å². The molecule has 0 bridgehead atoms. The van der Waals surface area contributed by atoms with E-state index >= 15 is 0 Å². The fraction of sp³-hybridized carbons (Fsp3) is 0.957. The molecule has 2 heterocycles. The van der Waals surface area contributed by atoms with E-state index in [-0.39, 0.29) is 16.9 Å². The maximum atomic E-state index is 12.7. The molecule has 6 heteroatoms. The van der Waals surface area contributed by atoms with Gasteiger partial charge in [-0.25, -0.2) is 0 Å². The molecule has 29 heavy (non-hydrogen) atoms. The van der Waals surface area contributed by atoms with Gasteiger partial charge in [-0.1, -0.05) is 19.0 Å². The van der Waals surface area contributed by atoms with Crippen molar-refractivity contribution in [3.8, 4) is 0 Å². The smallest absolute Gasteiger partial charge is 0.139 e. The summed E-state index contributed by atoms with van der Waals surface area (Å²) in [6.07, 6.45) is 8.46. The third-order valence-electron chi connectivity index (χ3n) is 10.4. The van der Waals surface area contributed by atoms with Gasteiger partial charge in [0.05, 0.1) is 24.2 Å². The van der Waals surface area contributed by atoms with Crippen LogP contribution in [0.2, 0.25) is 0 Å². The molecule has 0 aromatic carbocycles. The quantitative estimate of drug-likeness (QED) is 0.580. The predicted octanol–water partition coefficient (Wildman–Crippen LogP) is 3.30. The average Bonchev–Trinajstić information content (AvgIpc) is 3.04. The van der Waals surface area contributed by atoms with Crippen LogP contribution in [0.5, 0.6) is 0 Å². The minimum atomic E-state index is -0.200. The summed E-state index contributed by atoms with van der Waals surface area (Å²) in [6, 6.07) is 0.994. The summed E-state index contributed by atoms with van der Waals surface area (Å²) in [6.45, 7) is 6.71. The van der Waals surface area contributed by atoms with E-state index in [4.69, 9.17) is 4.84 Å². The molecule has 0 radical (unpaired) electrons. The van der Waals surface area contributed by atoms with Gasteiger partial charge in [0.2, 0.25) is 0 Å². The summed E-state index contributed by atoms with van der Waals surface area (Å²) in [7, 11) is 0. The van der Waals surface area contributed by atoms with Gasteiger partial charge in [0, 0.05) is 18.4 Å². The summed E-state index contributed by atoms with van der Waals surface area (Å²) in [5, 5.41) is 9.39. The number of hydrogen-bond acceptors (Lipinski definition) is 6. The summed E-state index contributed by atoms with van der Waals surface area (Å²) < 4.78 is 0. The van der Waals surface area contributed by atoms with E-state index in [9.17, 15) is 9.70 Å². The van der Waals surface area contributed by atoms with Gasteiger partial charge in [0.1, 0.15) is 5.78 Å². The summed E-state index contributed by atoms with van der Waals surface area (Å²) in [4.78, 5) is 31.0. The standard InChI is InChI=1S/C23H35N3O3/c1-22-7-5-16-21(15(22)3-4-20(22)27)17(25-28)9-13-10-18-19(11-23(13,16)2)26(18)29-14-6-8-24-12-14/h13-19,21,24H,3-12H2,1-2H3/t13?,14-,15+,16+,17?,18?,19?,21+,22+,23+,26?/m1/s1. The van der Waals surface area contributed by atoms with Crippen LogP contribution in [0.3, 0.4) is 0 Å². The van der Waals surface area contributed by atoms with Crippen LogP contribution in [0.4, 0.5) is 0 Å². The number of hydrogen-bond donors (Lipinski definition) is 1. The number of ketones is 1. The average molecular weight is 402 g/mol. The first-order valence-electron chi connectivity index (χ1n) is 12.0.